The molecule has 6 nitrogen and oxygen atoms in total. The van der Waals surface area contributed by atoms with Gasteiger partial charge in [0.1, 0.15) is 6.04 Å². The summed E-state index contributed by atoms with van der Waals surface area (Å²) in [5.74, 6) is -0.332. The molecule has 1 saturated carbocycles. The van der Waals surface area contributed by atoms with Crippen molar-refractivity contribution in [3.05, 3.63) is 29.8 Å². The van der Waals surface area contributed by atoms with Gasteiger partial charge in [-0.15, -0.1) is 0 Å². The van der Waals surface area contributed by atoms with Gasteiger partial charge in [0.2, 0.25) is 10.0 Å². The Morgan fingerprint density at radius 3 is 2.52 bits per heavy atom. The molecule has 0 saturated heterocycles. The first-order valence-electron chi connectivity index (χ1n) is 7.88. The Bertz CT molecular complexity index is 696. The molecule has 2 aliphatic rings. The number of hydrogen-bond donors (Lipinski definition) is 1. The zero-order valence-corrected chi connectivity index (χ0v) is 14.0. The first kappa shape index (κ1) is 16.4. The van der Waals surface area contributed by atoms with Crippen LogP contribution >= 0.6 is 0 Å². The van der Waals surface area contributed by atoms with E-state index in [1.54, 1.807) is 16.4 Å². The quantitative estimate of drug-likeness (QED) is 0.838. The van der Waals surface area contributed by atoms with Crippen LogP contribution < -0.4 is 5.73 Å². The molecule has 1 atom stereocenters. The van der Waals surface area contributed by atoms with Gasteiger partial charge >= 0.3 is 5.97 Å². The summed E-state index contributed by atoms with van der Waals surface area (Å²) in [6.45, 7) is 0.441. The van der Waals surface area contributed by atoms with E-state index in [9.17, 15) is 13.2 Å². The lowest BCUT2D eigenvalue weighted by molar-refractivity contribution is -0.143. The molecule has 1 aliphatic heterocycles. The number of methoxy groups -OCH3 is 1. The van der Waals surface area contributed by atoms with Crippen LogP contribution in [0.4, 0.5) is 0 Å². The summed E-state index contributed by atoms with van der Waals surface area (Å²) < 4.78 is 31.7. The Morgan fingerprint density at radius 2 is 1.91 bits per heavy atom. The largest absolute Gasteiger partial charge is 0.468 e. The summed E-state index contributed by atoms with van der Waals surface area (Å²) >= 11 is 0. The highest BCUT2D eigenvalue weighted by atomic mass is 32.2. The van der Waals surface area contributed by atoms with E-state index in [4.69, 9.17) is 10.5 Å². The van der Waals surface area contributed by atoms with Crippen molar-refractivity contribution in [1.29, 1.82) is 0 Å². The van der Waals surface area contributed by atoms with Crippen LogP contribution in [0.15, 0.2) is 29.2 Å². The number of ether oxygens (including phenoxy) is 1. The second-order valence-corrected chi connectivity index (χ2v) is 8.13. The predicted octanol–water partition coefficient (Wildman–Crippen LogP) is 1.25. The van der Waals surface area contributed by atoms with Crippen molar-refractivity contribution < 1.29 is 17.9 Å². The lowest BCUT2D eigenvalue weighted by Gasteiger charge is -2.35. The molecule has 1 aliphatic carbocycles. The molecule has 7 heteroatoms. The number of carbonyl (C=O) groups excluding carboxylic acids is 1. The van der Waals surface area contributed by atoms with Crippen molar-refractivity contribution in [2.75, 3.05) is 7.11 Å². The SMILES string of the molecule is COC(=O)[C@@H](N)C1CCC(N2Cc3ccccc3S2(=O)=O)CC1. The minimum absolute atomic E-state index is 0.0199. The number of nitrogens with two attached hydrogens (primary N) is 1. The van der Waals surface area contributed by atoms with Crippen molar-refractivity contribution in [3.8, 4) is 0 Å². The number of fused-ring (bicyclic) bond motifs is 1. The Kier molecular flexibility index (Phi) is 4.44. The first-order chi connectivity index (χ1) is 10.9. The van der Waals surface area contributed by atoms with Gasteiger partial charge in [0.05, 0.1) is 12.0 Å². The molecule has 1 fully saturated rings. The van der Waals surface area contributed by atoms with Crippen LogP contribution in [0.3, 0.4) is 0 Å². The Hall–Kier alpha value is -1.44. The molecule has 0 unspecified atom stereocenters. The lowest BCUT2D eigenvalue weighted by atomic mass is 9.81. The third-order valence-corrected chi connectivity index (χ3v) is 7.01. The smallest absolute Gasteiger partial charge is 0.322 e. The minimum atomic E-state index is -3.39. The maximum Gasteiger partial charge on any atom is 0.322 e. The van der Waals surface area contributed by atoms with Crippen LogP contribution in [0.5, 0.6) is 0 Å². The molecular formula is C16H22N2O4S. The number of esters is 1. The van der Waals surface area contributed by atoms with Gasteiger partial charge in [-0.25, -0.2) is 8.42 Å². The topological polar surface area (TPSA) is 89.7 Å². The van der Waals surface area contributed by atoms with E-state index < -0.39 is 22.0 Å². The first-order valence-corrected chi connectivity index (χ1v) is 9.32. The average molecular weight is 338 g/mol. The van der Waals surface area contributed by atoms with Crippen LogP contribution in [-0.4, -0.2) is 37.9 Å². The standard InChI is InChI=1S/C16H22N2O4S/c1-22-16(19)15(17)11-6-8-13(9-7-11)18-10-12-4-2-3-5-14(12)23(18,20)21/h2-5,11,13,15H,6-10,17H2,1H3/t11?,13?,15-/m0/s1. The van der Waals surface area contributed by atoms with Crippen molar-refractivity contribution in [2.24, 2.45) is 11.7 Å². The molecule has 2 N–H and O–H groups in total. The molecule has 0 spiro atoms. The summed E-state index contributed by atoms with van der Waals surface area (Å²) in [4.78, 5) is 12.0. The van der Waals surface area contributed by atoms with Crippen molar-refractivity contribution in [1.82, 2.24) is 4.31 Å². The van der Waals surface area contributed by atoms with E-state index in [1.807, 2.05) is 12.1 Å². The number of sulfonamides is 1. The second kappa shape index (κ2) is 6.22. The van der Waals surface area contributed by atoms with E-state index in [2.05, 4.69) is 0 Å². The van der Waals surface area contributed by atoms with Gasteiger partial charge in [-0.3, -0.25) is 4.79 Å². The van der Waals surface area contributed by atoms with Gasteiger partial charge in [0, 0.05) is 12.6 Å². The maximum absolute atomic E-state index is 12.7. The summed E-state index contributed by atoms with van der Waals surface area (Å²) in [6, 6.07) is 6.52. The third kappa shape index (κ3) is 2.88. The van der Waals surface area contributed by atoms with Gasteiger partial charge in [-0.1, -0.05) is 18.2 Å². The minimum Gasteiger partial charge on any atom is -0.468 e. The highest BCUT2D eigenvalue weighted by Gasteiger charge is 2.41. The molecule has 3 rings (SSSR count). The van der Waals surface area contributed by atoms with Gasteiger partial charge in [-0.2, -0.15) is 4.31 Å². The summed E-state index contributed by atoms with van der Waals surface area (Å²) in [5, 5.41) is 0. The maximum atomic E-state index is 12.7. The third-order valence-electron chi connectivity index (χ3n) is 5.02. The van der Waals surface area contributed by atoms with Crippen molar-refractivity contribution in [3.63, 3.8) is 0 Å². The number of carbonyl (C=O) groups is 1. The number of nitrogens with zero attached hydrogens (tertiary/aromatic N) is 1. The van der Waals surface area contributed by atoms with E-state index >= 15 is 0 Å². The fourth-order valence-corrected chi connectivity index (χ4v) is 5.55. The molecule has 0 aromatic heterocycles. The highest BCUT2D eigenvalue weighted by molar-refractivity contribution is 7.89. The van der Waals surface area contributed by atoms with E-state index in [-0.39, 0.29) is 12.0 Å². The fourth-order valence-electron chi connectivity index (χ4n) is 3.67. The summed E-state index contributed by atoms with van der Waals surface area (Å²) in [5.41, 5.74) is 6.78. The molecule has 23 heavy (non-hydrogen) atoms. The molecular weight excluding hydrogens is 316 g/mol. The second-order valence-electron chi connectivity index (χ2n) is 6.28. The monoisotopic (exact) mass is 338 g/mol. The molecule has 1 aromatic carbocycles. The molecule has 0 bridgehead atoms. The summed E-state index contributed by atoms with van der Waals surface area (Å²) in [6.07, 6.45) is 2.93. The molecule has 1 heterocycles. The molecule has 126 valence electrons. The van der Waals surface area contributed by atoms with E-state index in [0.29, 0.717) is 11.4 Å². The van der Waals surface area contributed by atoms with E-state index in [0.717, 1.165) is 31.2 Å². The molecule has 0 amide bonds. The van der Waals surface area contributed by atoms with Crippen LogP contribution in [0, 0.1) is 5.92 Å². The predicted molar refractivity (Wildman–Crippen MR) is 84.9 cm³/mol. The number of benzene rings is 1. The van der Waals surface area contributed by atoms with Gasteiger partial charge in [0.15, 0.2) is 0 Å². The van der Waals surface area contributed by atoms with Crippen molar-refractivity contribution >= 4 is 16.0 Å². The Balaban J connectivity index is 1.69. The number of rotatable bonds is 3. The number of hydrogen-bond acceptors (Lipinski definition) is 5. The molecule has 0 radical (unpaired) electrons. The summed E-state index contributed by atoms with van der Waals surface area (Å²) in [7, 11) is -2.06. The van der Waals surface area contributed by atoms with Crippen LogP contribution in [0.2, 0.25) is 0 Å². The average Bonchev–Trinajstić information content (AvgIpc) is 2.85. The van der Waals surface area contributed by atoms with Crippen LogP contribution in [0.1, 0.15) is 31.2 Å². The zero-order valence-electron chi connectivity index (χ0n) is 13.1. The van der Waals surface area contributed by atoms with Crippen LogP contribution in [-0.2, 0) is 26.1 Å². The molecule has 1 aromatic rings. The van der Waals surface area contributed by atoms with Gasteiger partial charge in [0.25, 0.3) is 0 Å². The van der Waals surface area contributed by atoms with Crippen molar-refractivity contribution in [2.45, 2.75) is 49.2 Å². The van der Waals surface area contributed by atoms with Gasteiger partial charge in [-0.05, 0) is 43.2 Å². The fraction of sp³-hybridized carbons (Fsp3) is 0.562. The van der Waals surface area contributed by atoms with E-state index in [1.165, 1.54) is 7.11 Å². The Morgan fingerprint density at radius 1 is 1.26 bits per heavy atom. The highest BCUT2D eigenvalue weighted by Crippen LogP contribution is 2.37. The van der Waals surface area contributed by atoms with Gasteiger partial charge < -0.3 is 10.5 Å². The van der Waals surface area contributed by atoms with Crippen LogP contribution in [0.25, 0.3) is 0 Å². The normalized spacial score (nSPS) is 28.1. The zero-order chi connectivity index (χ0) is 16.6. The Labute approximate surface area is 136 Å². The lowest BCUT2D eigenvalue weighted by Crippen LogP contribution is -2.44.